The molecule has 1 atom stereocenters. The average Bonchev–Trinajstić information content (AvgIpc) is 2.69. The van der Waals surface area contributed by atoms with E-state index in [1.54, 1.807) is 0 Å². The Bertz CT molecular complexity index is 655. The van der Waals surface area contributed by atoms with Crippen molar-refractivity contribution in [3.63, 3.8) is 0 Å². The minimum absolute atomic E-state index is 0.398. The van der Waals surface area contributed by atoms with Gasteiger partial charge in [0, 0.05) is 25.0 Å². The Labute approximate surface area is 185 Å². The van der Waals surface area contributed by atoms with E-state index < -0.39 is 11.7 Å². The maximum atomic E-state index is 11.9. The molecule has 0 heterocycles. The van der Waals surface area contributed by atoms with Crippen LogP contribution in [-0.2, 0) is 4.74 Å². The zero-order valence-electron chi connectivity index (χ0n) is 20.7. The summed E-state index contributed by atoms with van der Waals surface area (Å²) in [7, 11) is 0. The van der Waals surface area contributed by atoms with Crippen LogP contribution in [-0.4, -0.2) is 29.7 Å². The first-order chi connectivity index (χ1) is 14.0. The molecule has 1 amide bonds. The van der Waals surface area contributed by atoms with Crippen LogP contribution < -0.4 is 5.32 Å². The van der Waals surface area contributed by atoms with Crippen LogP contribution in [0.2, 0.25) is 0 Å². The number of ether oxygens (including phenoxy) is 1. The summed E-state index contributed by atoms with van der Waals surface area (Å²) in [5.74, 6) is 0.985. The van der Waals surface area contributed by atoms with Gasteiger partial charge in [-0.2, -0.15) is 0 Å². The fraction of sp³-hybridized carbons (Fsp3) is 0.577. The molecule has 4 heteroatoms. The molecule has 0 aliphatic carbocycles. The summed E-state index contributed by atoms with van der Waals surface area (Å²) in [5.41, 5.74) is 2.81. The molecule has 1 rings (SSSR count). The van der Waals surface area contributed by atoms with Crippen molar-refractivity contribution < 1.29 is 9.53 Å². The highest BCUT2D eigenvalue weighted by Crippen LogP contribution is 2.22. The van der Waals surface area contributed by atoms with E-state index >= 15 is 0 Å². The molecule has 0 saturated carbocycles. The van der Waals surface area contributed by atoms with Crippen LogP contribution in [0.3, 0.4) is 0 Å². The van der Waals surface area contributed by atoms with E-state index in [1.165, 1.54) is 5.56 Å². The second-order valence-corrected chi connectivity index (χ2v) is 8.57. The third-order valence-corrected chi connectivity index (χ3v) is 4.52. The molecule has 4 nitrogen and oxygen atoms in total. The number of hydrogen-bond acceptors (Lipinski definition) is 3. The Morgan fingerprint density at radius 2 is 1.73 bits per heavy atom. The molecular weight excluding hydrogens is 372 g/mol. The number of benzene rings is 1. The topological polar surface area (TPSA) is 41.6 Å². The third-order valence-electron chi connectivity index (χ3n) is 4.52. The van der Waals surface area contributed by atoms with Crippen molar-refractivity contribution in [2.75, 3.05) is 13.1 Å². The molecule has 0 aromatic heterocycles. The molecule has 1 aromatic rings. The molecule has 30 heavy (non-hydrogen) atoms. The van der Waals surface area contributed by atoms with Gasteiger partial charge in [-0.25, -0.2) is 4.79 Å². The monoisotopic (exact) mass is 416 g/mol. The number of nitrogens with one attached hydrogen (secondary N) is 1. The molecule has 0 spiro atoms. The summed E-state index contributed by atoms with van der Waals surface area (Å²) in [6.07, 6.45) is 4.94. The number of allylic oxidation sites excluding steroid dienone is 1. The number of alkyl carbamates (subject to hydrolysis) is 1. The van der Waals surface area contributed by atoms with Gasteiger partial charge in [0.15, 0.2) is 0 Å². The number of amides is 1. The van der Waals surface area contributed by atoms with E-state index in [0.717, 1.165) is 17.7 Å². The first-order valence-corrected chi connectivity index (χ1v) is 11.2. The summed E-state index contributed by atoms with van der Waals surface area (Å²) in [6.45, 7) is 23.7. The highest BCUT2D eigenvalue weighted by molar-refractivity contribution is 5.68. The van der Waals surface area contributed by atoms with Crippen LogP contribution in [0.4, 0.5) is 4.79 Å². The number of hydrogen-bond donors (Lipinski definition) is 1. The summed E-state index contributed by atoms with van der Waals surface area (Å²) < 4.78 is 5.31. The van der Waals surface area contributed by atoms with Crippen LogP contribution in [0.25, 0.3) is 5.70 Å². The first-order valence-electron chi connectivity index (χ1n) is 11.2. The van der Waals surface area contributed by atoms with Gasteiger partial charge in [0.2, 0.25) is 0 Å². The maximum Gasteiger partial charge on any atom is 0.407 e. The molecule has 1 aromatic carbocycles. The second-order valence-electron chi connectivity index (χ2n) is 8.57. The molecule has 0 radical (unpaired) electrons. The van der Waals surface area contributed by atoms with Crippen LogP contribution >= 0.6 is 0 Å². The van der Waals surface area contributed by atoms with E-state index in [1.807, 2.05) is 34.6 Å². The number of rotatable bonds is 9. The van der Waals surface area contributed by atoms with Gasteiger partial charge in [-0.1, -0.05) is 84.9 Å². The van der Waals surface area contributed by atoms with Crippen LogP contribution in [0.5, 0.6) is 0 Å². The molecule has 0 aliphatic heterocycles. The van der Waals surface area contributed by atoms with Crippen LogP contribution in [0.1, 0.15) is 85.8 Å². The predicted molar refractivity (Wildman–Crippen MR) is 130 cm³/mol. The Balaban J connectivity index is 0.00000407. The predicted octanol–water partition coefficient (Wildman–Crippen LogP) is 7.19. The van der Waals surface area contributed by atoms with Crippen LogP contribution in [0, 0.1) is 5.92 Å². The fourth-order valence-corrected chi connectivity index (χ4v) is 2.51. The largest absolute Gasteiger partial charge is 0.444 e. The van der Waals surface area contributed by atoms with Crippen molar-refractivity contribution >= 4 is 11.8 Å². The van der Waals surface area contributed by atoms with E-state index in [2.05, 4.69) is 81.0 Å². The van der Waals surface area contributed by atoms with E-state index in [4.69, 9.17) is 4.74 Å². The molecule has 1 N–H and O–H groups in total. The molecule has 0 fully saturated rings. The van der Waals surface area contributed by atoms with E-state index in [0.29, 0.717) is 24.9 Å². The summed E-state index contributed by atoms with van der Waals surface area (Å²) >= 11 is 0. The molecule has 170 valence electrons. The highest BCUT2D eigenvalue weighted by Gasteiger charge is 2.16. The zero-order valence-corrected chi connectivity index (χ0v) is 20.7. The quantitative estimate of drug-likeness (QED) is 0.463. The third kappa shape index (κ3) is 11.1. The first kappa shape index (κ1) is 27.8. The Kier molecular flexibility index (Phi) is 12.9. The second kappa shape index (κ2) is 13.9. The van der Waals surface area contributed by atoms with Gasteiger partial charge in [0.05, 0.1) is 0 Å². The zero-order chi connectivity index (χ0) is 23.3. The van der Waals surface area contributed by atoms with Gasteiger partial charge >= 0.3 is 6.09 Å². The number of nitrogens with zero attached hydrogens (tertiary/aromatic N) is 1. The van der Waals surface area contributed by atoms with Crippen molar-refractivity contribution in [2.24, 2.45) is 5.92 Å². The maximum absolute atomic E-state index is 11.9. The van der Waals surface area contributed by atoms with E-state index in [9.17, 15) is 4.79 Å². The van der Waals surface area contributed by atoms with Crippen molar-refractivity contribution in [3.05, 3.63) is 54.2 Å². The lowest BCUT2D eigenvalue weighted by Gasteiger charge is -2.25. The SMILES string of the molecule is C=C(c1ccc(C(C)C)cc1)N(/C=C\C(C)CC)CCNC(=O)OC(C)(C)C.CC. The van der Waals surface area contributed by atoms with Crippen molar-refractivity contribution in [1.82, 2.24) is 10.2 Å². The Morgan fingerprint density at radius 1 is 1.17 bits per heavy atom. The molecule has 0 saturated heterocycles. The molecular formula is C26H44N2O2. The highest BCUT2D eigenvalue weighted by atomic mass is 16.6. The summed E-state index contributed by atoms with van der Waals surface area (Å²) in [4.78, 5) is 14.0. The minimum Gasteiger partial charge on any atom is -0.444 e. The van der Waals surface area contributed by atoms with Gasteiger partial charge in [-0.05, 0) is 43.7 Å². The average molecular weight is 417 g/mol. The normalized spacial score (nSPS) is 12.2. The van der Waals surface area contributed by atoms with E-state index in [-0.39, 0.29) is 0 Å². The fourth-order valence-electron chi connectivity index (χ4n) is 2.51. The lowest BCUT2D eigenvalue weighted by molar-refractivity contribution is 0.0526. The summed E-state index contributed by atoms with van der Waals surface area (Å²) in [6, 6.07) is 8.54. The van der Waals surface area contributed by atoms with Gasteiger partial charge in [0.25, 0.3) is 0 Å². The van der Waals surface area contributed by atoms with Gasteiger partial charge in [-0.3, -0.25) is 0 Å². The lowest BCUT2D eigenvalue weighted by atomic mass is 10.0. The van der Waals surface area contributed by atoms with Crippen molar-refractivity contribution in [2.45, 2.75) is 80.3 Å². The molecule has 0 aliphatic rings. The summed E-state index contributed by atoms with van der Waals surface area (Å²) in [5, 5.41) is 2.82. The minimum atomic E-state index is -0.498. The van der Waals surface area contributed by atoms with Crippen LogP contribution in [0.15, 0.2) is 43.1 Å². The standard InChI is InChI=1S/C24H38N2O2.C2H6/c1-9-19(4)14-16-26(17-15-25-23(27)28-24(6,7)8)20(5)22-12-10-21(11-13-22)18(2)3;1-2/h10-14,16,18-19H,5,9,15,17H2,1-4,6-8H3,(H,25,27);1-2H3/b16-14-;. The lowest BCUT2D eigenvalue weighted by Crippen LogP contribution is -2.36. The van der Waals surface area contributed by atoms with Gasteiger partial charge in [0.1, 0.15) is 5.60 Å². The number of carbonyl (C=O) groups is 1. The number of carbonyl (C=O) groups excluding carboxylic acids is 1. The van der Waals surface area contributed by atoms with Gasteiger partial charge < -0.3 is 15.0 Å². The molecule has 1 unspecified atom stereocenters. The van der Waals surface area contributed by atoms with Crippen molar-refractivity contribution in [1.29, 1.82) is 0 Å². The van der Waals surface area contributed by atoms with Gasteiger partial charge in [-0.15, -0.1) is 0 Å². The smallest absolute Gasteiger partial charge is 0.407 e. The Morgan fingerprint density at radius 3 is 2.20 bits per heavy atom. The molecule has 0 bridgehead atoms. The van der Waals surface area contributed by atoms with Crippen molar-refractivity contribution in [3.8, 4) is 0 Å². The Hall–Kier alpha value is -2.23.